The minimum absolute atomic E-state index is 0.612. The van der Waals surface area contributed by atoms with Crippen molar-refractivity contribution in [3.8, 4) is 0 Å². The maximum Gasteiger partial charge on any atom is 0.0134 e. The topological polar surface area (TPSA) is 3.24 Å². The number of rotatable bonds is 7. The molecular weight excluding hydrogens is 362 g/mol. The van der Waals surface area contributed by atoms with Crippen LogP contribution < -0.4 is 0 Å². The van der Waals surface area contributed by atoms with Crippen molar-refractivity contribution in [2.45, 2.75) is 112 Å². The summed E-state index contributed by atoms with van der Waals surface area (Å²) in [5, 5.41) is 0. The Kier molecular flexibility index (Phi) is 8.47. The van der Waals surface area contributed by atoms with E-state index in [-0.39, 0.29) is 0 Å². The van der Waals surface area contributed by atoms with Crippen molar-refractivity contribution in [3.05, 3.63) is 35.9 Å². The first-order valence-corrected chi connectivity index (χ1v) is 13.1. The molecule has 0 aromatic heterocycles. The van der Waals surface area contributed by atoms with E-state index in [1.807, 2.05) is 0 Å². The second-order valence-corrected chi connectivity index (χ2v) is 11.8. The molecule has 0 heterocycles. The normalized spacial score (nSPS) is 33.9. The van der Waals surface area contributed by atoms with Gasteiger partial charge in [-0.2, -0.15) is 0 Å². The average molecular weight is 412 g/mol. The fraction of sp³-hybridized carbons (Fsp3) is 0.793. The SMILES string of the molecule is CC1CCC(C(C)C)C(N(C(C)Cc2ccccc2)C2CC(C)CCC2C(C)C)C1. The van der Waals surface area contributed by atoms with Gasteiger partial charge in [-0.05, 0) is 80.1 Å². The van der Waals surface area contributed by atoms with Crippen LogP contribution in [0.2, 0.25) is 0 Å². The number of nitrogens with zero attached hydrogens (tertiary/aromatic N) is 1. The highest BCUT2D eigenvalue weighted by Gasteiger charge is 2.43. The highest BCUT2D eigenvalue weighted by molar-refractivity contribution is 5.16. The molecule has 0 amide bonds. The Morgan fingerprint density at radius 3 is 1.63 bits per heavy atom. The van der Waals surface area contributed by atoms with Crippen LogP contribution in [0, 0.1) is 35.5 Å². The summed E-state index contributed by atoms with van der Waals surface area (Å²) in [7, 11) is 0. The third-order valence-electron chi connectivity index (χ3n) is 8.62. The summed E-state index contributed by atoms with van der Waals surface area (Å²) in [4.78, 5) is 3.10. The van der Waals surface area contributed by atoms with Crippen LogP contribution in [0.3, 0.4) is 0 Å². The molecule has 2 saturated carbocycles. The van der Waals surface area contributed by atoms with Gasteiger partial charge in [-0.3, -0.25) is 4.90 Å². The van der Waals surface area contributed by atoms with E-state index in [1.165, 1.54) is 50.5 Å². The first kappa shape index (κ1) is 23.8. The molecule has 0 N–H and O–H groups in total. The predicted molar refractivity (Wildman–Crippen MR) is 132 cm³/mol. The standard InChI is InChI=1S/C29H49N/c1-20(2)26-15-13-22(5)17-28(26)30(24(7)19-25-11-9-8-10-12-25)29-18-23(6)14-16-27(29)21(3)4/h8-12,20-24,26-29H,13-19H2,1-7H3. The van der Waals surface area contributed by atoms with Crippen molar-refractivity contribution < 1.29 is 0 Å². The van der Waals surface area contributed by atoms with Crippen LogP contribution in [0.4, 0.5) is 0 Å². The second-order valence-electron chi connectivity index (χ2n) is 11.8. The Morgan fingerprint density at radius 2 is 1.20 bits per heavy atom. The summed E-state index contributed by atoms with van der Waals surface area (Å²) in [6.07, 6.45) is 9.69. The molecule has 0 aliphatic heterocycles. The van der Waals surface area contributed by atoms with Crippen molar-refractivity contribution in [2.24, 2.45) is 35.5 Å². The lowest BCUT2D eigenvalue weighted by molar-refractivity contribution is -0.0452. The molecule has 170 valence electrons. The Hall–Kier alpha value is -0.820. The Morgan fingerprint density at radius 1 is 0.733 bits per heavy atom. The summed E-state index contributed by atoms with van der Waals surface area (Å²) in [5.74, 6) is 5.01. The van der Waals surface area contributed by atoms with E-state index in [9.17, 15) is 0 Å². The molecular formula is C29H49N. The average Bonchev–Trinajstić information content (AvgIpc) is 2.68. The summed E-state index contributed by atoms with van der Waals surface area (Å²) < 4.78 is 0. The van der Waals surface area contributed by atoms with Gasteiger partial charge < -0.3 is 0 Å². The van der Waals surface area contributed by atoms with Gasteiger partial charge >= 0.3 is 0 Å². The van der Waals surface area contributed by atoms with Crippen LogP contribution >= 0.6 is 0 Å². The molecule has 2 aliphatic carbocycles. The minimum atomic E-state index is 0.612. The van der Waals surface area contributed by atoms with Crippen LogP contribution in [0.1, 0.15) is 92.6 Å². The quantitative estimate of drug-likeness (QED) is 0.441. The van der Waals surface area contributed by atoms with Gasteiger partial charge in [0.25, 0.3) is 0 Å². The zero-order chi connectivity index (χ0) is 21.8. The predicted octanol–water partition coefficient (Wildman–Crippen LogP) is 7.84. The van der Waals surface area contributed by atoms with E-state index in [1.54, 1.807) is 0 Å². The number of hydrogen-bond acceptors (Lipinski definition) is 1. The number of benzene rings is 1. The molecule has 0 bridgehead atoms. The van der Waals surface area contributed by atoms with Crippen LogP contribution in [-0.2, 0) is 6.42 Å². The van der Waals surface area contributed by atoms with Crippen molar-refractivity contribution in [1.82, 2.24) is 4.90 Å². The third kappa shape index (κ3) is 5.70. The van der Waals surface area contributed by atoms with Crippen molar-refractivity contribution >= 4 is 0 Å². The van der Waals surface area contributed by atoms with E-state index in [2.05, 4.69) is 83.7 Å². The third-order valence-corrected chi connectivity index (χ3v) is 8.62. The lowest BCUT2D eigenvalue weighted by atomic mass is 9.68. The van der Waals surface area contributed by atoms with Crippen molar-refractivity contribution in [2.75, 3.05) is 0 Å². The molecule has 1 heteroatoms. The molecule has 0 radical (unpaired) electrons. The van der Waals surface area contributed by atoms with Gasteiger partial charge in [0.2, 0.25) is 0 Å². The molecule has 3 rings (SSSR count). The molecule has 1 aromatic carbocycles. The van der Waals surface area contributed by atoms with Crippen LogP contribution in [0.25, 0.3) is 0 Å². The monoisotopic (exact) mass is 411 g/mol. The largest absolute Gasteiger partial charge is 0.294 e. The summed E-state index contributed by atoms with van der Waals surface area (Å²) in [5.41, 5.74) is 1.50. The van der Waals surface area contributed by atoms with E-state index < -0.39 is 0 Å². The Labute approximate surface area is 188 Å². The van der Waals surface area contributed by atoms with Gasteiger partial charge in [-0.25, -0.2) is 0 Å². The van der Waals surface area contributed by atoms with Crippen molar-refractivity contribution in [3.63, 3.8) is 0 Å². The number of hydrogen-bond donors (Lipinski definition) is 0. The van der Waals surface area contributed by atoms with E-state index >= 15 is 0 Å². The van der Waals surface area contributed by atoms with Crippen molar-refractivity contribution in [1.29, 1.82) is 0 Å². The molecule has 7 unspecified atom stereocenters. The maximum absolute atomic E-state index is 3.10. The van der Waals surface area contributed by atoms with E-state index in [0.717, 1.165) is 47.6 Å². The fourth-order valence-electron chi connectivity index (χ4n) is 6.95. The molecule has 7 atom stereocenters. The molecule has 1 nitrogen and oxygen atoms in total. The maximum atomic E-state index is 3.10. The Balaban J connectivity index is 1.96. The Bertz CT molecular complexity index is 589. The second kappa shape index (κ2) is 10.7. The fourth-order valence-corrected chi connectivity index (χ4v) is 6.95. The van der Waals surface area contributed by atoms with Gasteiger partial charge in [0, 0.05) is 18.1 Å². The van der Waals surface area contributed by atoms with Crippen LogP contribution in [0.15, 0.2) is 30.3 Å². The molecule has 30 heavy (non-hydrogen) atoms. The van der Waals surface area contributed by atoms with E-state index in [4.69, 9.17) is 0 Å². The highest BCUT2D eigenvalue weighted by Crippen LogP contribution is 2.44. The first-order chi connectivity index (χ1) is 14.3. The molecule has 0 spiro atoms. The molecule has 0 saturated heterocycles. The zero-order valence-electron chi connectivity index (χ0n) is 21.0. The van der Waals surface area contributed by atoms with E-state index in [0.29, 0.717) is 6.04 Å². The molecule has 2 fully saturated rings. The van der Waals surface area contributed by atoms with Crippen LogP contribution in [0.5, 0.6) is 0 Å². The molecule has 2 aliphatic rings. The summed E-state index contributed by atoms with van der Waals surface area (Å²) in [6, 6.07) is 13.4. The summed E-state index contributed by atoms with van der Waals surface area (Å²) >= 11 is 0. The smallest absolute Gasteiger partial charge is 0.0134 e. The van der Waals surface area contributed by atoms with Gasteiger partial charge in [0.1, 0.15) is 0 Å². The minimum Gasteiger partial charge on any atom is -0.294 e. The lowest BCUT2D eigenvalue weighted by Gasteiger charge is -2.54. The summed E-state index contributed by atoms with van der Waals surface area (Å²) in [6.45, 7) is 17.5. The van der Waals surface area contributed by atoms with Crippen LogP contribution in [-0.4, -0.2) is 23.0 Å². The van der Waals surface area contributed by atoms with Gasteiger partial charge in [0.05, 0.1) is 0 Å². The first-order valence-electron chi connectivity index (χ1n) is 13.1. The van der Waals surface area contributed by atoms with Gasteiger partial charge in [-0.15, -0.1) is 0 Å². The highest BCUT2D eigenvalue weighted by atomic mass is 15.2. The lowest BCUT2D eigenvalue weighted by Crippen LogP contribution is -2.58. The zero-order valence-corrected chi connectivity index (χ0v) is 21.0. The van der Waals surface area contributed by atoms with Gasteiger partial charge in [-0.1, -0.05) is 84.7 Å². The van der Waals surface area contributed by atoms with Gasteiger partial charge in [0.15, 0.2) is 0 Å². The molecule has 1 aromatic rings.